The topological polar surface area (TPSA) is 72.8 Å². The molecule has 0 saturated heterocycles. The molecule has 92 valence electrons. The molecule has 0 radical (unpaired) electrons. The highest BCUT2D eigenvalue weighted by Gasteiger charge is 2.16. The normalized spacial score (nSPS) is 9.76. The number of benzene rings is 1. The van der Waals surface area contributed by atoms with Crippen LogP contribution in [0.4, 0.5) is 0 Å². The number of hydrogen-bond acceptors (Lipinski definition) is 5. The highest BCUT2D eigenvalue weighted by molar-refractivity contribution is 5.97. The Bertz CT molecular complexity index is 425. The summed E-state index contributed by atoms with van der Waals surface area (Å²) in [5, 5.41) is 9.49. The number of carbonyl (C=O) groups excluding carboxylic acids is 2. The molecule has 0 saturated carbocycles. The van der Waals surface area contributed by atoms with Gasteiger partial charge in [0.2, 0.25) is 0 Å². The zero-order valence-corrected chi connectivity index (χ0v) is 9.73. The summed E-state index contributed by atoms with van der Waals surface area (Å²) in [4.78, 5) is 22.9. The Balaban J connectivity index is 3.02. The Hall–Kier alpha value is -2.04. The highest BCUT2D eigenvalue weighted by atomic mass is 16.5. The molecule has 0 aliphatic carbocycles. The molecule has 0 spiro atoms. The van der Waals surface area contributed by atoms with E-state index in [-0.39, 0.29) is 30.1 Å². The van der Waals surface area contributed by atoms with Gasteiger partial charge in [0.15, 0.2) is 0 Å². The highest BCUT2D eigenvalue weighted by Crippen LogP contribution is 2.20. The van der Waals surface area contributed by atoms with Crippen LogP contribution in [0.2, 0.25) is 0 Å². The SMILES string of the molecule is CCOC(=O)c1ccc(O)c(C(=O)OCC)c1. The van der Waals surface area contributed by atoms with E-state index in [1.807, 2.05) is 0 Å². The fourth-order valence-electron chi connectivity index (χ4n) is 1.25. The summed E-state index contributed by atoms with van der Waals surface area (Å²) in [6, 6.07) is 3.90. The summed E-state index contributed by atoms with van der Waals surface area (Å²) in [5.74, 6) is -1.44. The standard InChI is InChI=1S/C12H14O5/c1-3-16-11(14)8-5-6-10(13)9(7-8)12(15)17-4-2/h5-7,13H,3-4H2,1-2H3. The van der Waals surface area contributed by atoms with Crippen LogP contribution in [0.5, 0.6) is 5.75 Å². The van der Waals surface area contributed by atoms with Gasteiger partial charge in [-0.05, 0) is 32.0 Å². The van der Waals surface area contributed by atoms with Crippen LogP contribution in [-0.4, -0.2) is 30.3 Å². The van der Waals surface area contributed by atoms with Crippen molar-refractivity contribution in [2.24, 2.45) is 0 Å². The van der Waals surface area contributed by atoms with Crippen LogP contribution < -0.4 is 0 Å². The van der Waals surface area contributed by atoms with E-state index in [1.165, 1.54) is 18.2 Å². The van der Waals surface area contributed by atoms with Gasteiger partial charge < -0.3 is 14.6 Å². The van der Waals surface area contributed by atoms with Gasteiger partial charge in [-0.25, -0.2) is 9.59 Å². The zero-order valence-electron chi connectivity index (χ0n) is 9.73. The maximum atomic E-state index is 11.5. The lowest BCUT2D eigenvalue weighted by atomic mass is 10.1. The lowest BCUT2D eigenvalue weighted by Crippen LogP contribution is -2.09. The number of esters is 2. The summed E-state index contributed by atoms with van der Waals surface area (Å²) < 4.78 is 9.54. The van der Waals surface area contributed by atoms with Gasteiger partial charge in [0, 0.05) is 0 Å². The monoisotopic (exact) mass is 238 g/mol. The first kappa shape index (κ1) is 13.0. The van der Waals surface area contributed by atoms with Gasteiger partial charge in [-0.15, -0.1) is 0 Å². The van der Waals surface area contributed by atoms with Crippen molar-refractivity contribution < 1.29 is 24.2 Å². The van der Waals surface area contributed by atoms with Gasteiger partial charge in [0.05, 0.1) is 18.8 Å². The fraction of sp³-hybridized carbons (Fsp3) is 0.333. The molecule has 0 unspecified atom stereocenters. The summed E-state index contributed by atoms with van der Waals surface area (Å²) in [6.07, 6.45) is 0. The molecular formula is C12H14O5. The van der Waals surface area contributed by atoms with Crippen LogP contribution in [-0.2, 0) is 9.47 Å². The van der Waals surface area contributed by atoms with Gasteiger partial charge >= 0.3 is 11.9 Å². The molecule has 0 aromatic heterocycles. The van der Waals surface area contributed by atoms with Gasteiger partial charge in [-0.1, -0.05) is 0 Å². The minimum atomic E-state index is -0.670. The lowest BCUT2D eigenvalue weighted by Gasteiger charge is -2.06. The maximum Gasteiger partial charge on any atom is 0.341 e. The third-order valence-electron chi connectivity index (χ3n) is 2.00. The average molecular weight is 238 g/mol. The molecule has 0 fully saturated rings. The number of phenols is 1. The predicted octanol–water partition coefficient (Wildman–Crippen LogP) is 1.75. The molecule has 1 rings (SSSR count). The van der Waals surface area contributed by atoms with Crippen LogP contribution in [0.1, 0.15) is 34.6 Å². The minimum Gasteiger partial charge on any atom is -0.507 e. The number of ether oxygens (including phenoxy) is 2. The van der Waals surface area contributed by atoms with E-state index in [2.05, 4.69) is 0 Å². The Labute approximate surface area is 99.0 Å². The third-order valence-corrected chi connectivity index (χ3v) is 2.00. The van der Waals surface area contributed by atoms with Crippen molar-refractivity contribution >= 4 is 11.9 Å². The van der Waals surface area contributed by atoms with Crippen molar-refractivity contribution in [1.82, 2.24) is 0 Å². The quantitative estimate of drug-likeness (QED) is 0.809. The number of rotatable bonds is 4. The van der Waals surface area contributed by atoms with E-state index in [4.69, 9.17) is 9.47 Å². The van der Waals surface area contributed by atoms with E-state index < -0.39 is 11.9 Å². The van der Waals surface area contributed by atoms with Crippen molar-refractivity contribution in [2.45, 2.75) is 13.8 Å². The van der Waals surface area contributed by atoms with Crippen molar-refractivity contribution in [1.29, 1.82) is 0 Å². The Kier molecular flexibility index (Phi) is 4.51. The molecule has 1 aromatic carbocycles. The molecule has 5 nitrogen and oxygen atoms in total. The van der Waals surface area contributed by atoms with E-state index >= 15 is 0 Å². The van der Waals surface area contributed by atoms with Crippen molar-refractivity contribution in [3.63, 3.8) is 0 Å². The molecule has 17 heavy (non-hydrogen) atoms. The second-order valence-corrected chi connectivity index (χ2v) is 3.17. The van der Waals surface area contributed by atoms with Crippen molar-refractivity contribution in [2.75, 3.05) is 13.2 Å². The first-order valence-electron chi connectivity index (χ1n) is 5.27. The summed E-state index contributed by atoms with van der Waals surface area (Å²) >= 11 is 0. The van der Waals surface area contributed by atoms with Crippen molar-refractivity contribution in [3.8, 4) is 5.75 Å². The van der Waals surface area contributed by atoms with Crippen LogP contribution in [0.15, 0.2) is 18.2 Å². The van der Waals surface area contributed by atoms with Gasteiger partial charge in [0.1, 0.15) is 11.3 Å². The van der Waals surface area contributed by atoms with Gasteiger partial charge in [-0.2, -0.15) is 0 Å². The first-order chi connectivity index (χ1) is 8.10. The summed E-state index contributed by atoms with van der Waals surface area (Å²) in [7, 11) is 0. The minimum absolute atomic E-state index is 0.0441. The predicted molar refractivity (Wildman–Crippen MR) is 60.0 cm³/mol. The van der Waals surface area contributed by atoms with E-state index in [0.29, 0.717) is 0 Å². The van der Waals surface area contributed by atoms with Gasteiger partial charge in [-0.3, -0.25) is 0 Å². The molecule has 0 amide bonds. The average Bonchev–Trinajstić information content (AvgIpc) is 2.30. The zero-order chi connectivity index (χ0) is 12.8. The molecule has 1 N–H and O–H groups in total. The van der Waals surface area contributed by atoms with E-state index in [0.717, 1.165) is 0 Å². The molecule has 0 aliphatic rings. The molecule has 5 heteroatoms. The molecule has 1 aromatic rings. The largest absolute Gasteiger partial charge is 0.507 e. The van der Waals surface area contributed by atoms with Crippen LogP contribution in [0, 0.1) is 0 Å². The van der Waals surface area contributed by atoms with Crippen molar-refractivity contribution in [3.05, 3.63) is 29.3 Å². The fourth-order valence-corrected chi connectivity index (χ4v) is 1.25. The molecule has 0 atom stereocenters. The van der Waals surface area contributed by atoms with Gasteiger partial charge in [0.25, 0.3) is 0 Å². The summed E-state index contributed by atoms with van der Waals surface area (Å²) in [5.41, 5.74) is 0.158. The number of carbonyl (C=O) groups is 2. The van der Waals surface area contributed by atoms with Crippen LogP contribution in [0.25, 0.3) is 0 Å². The Morgan fingerprint density at radius 2 is 1.71 bits per heavy atom. The number of hydrogen-bond donors (Lipinski definition) is 1. The molecular weight excluding hydrogens is 224 g/mol. The second kappa shape index (κ2) is 5.89. The lowest BCUT2D eigenvalue weighted by molar-refractivity contribution is 0.0522. The number of phenolic OH excluding ortho intramolecular Hbond substituents is 1. The Morgan fingerprint density at radius 3 is 2.29 bits per heavy atom. The van der Waals surface area contributed by atoms with E-state index in [9.17, 15) is 14.7 Å². The first-order valence-corrected chi connectivity index (χ1v) is 5.27. The second-order valence-electron chi connectivity index (χ2n) is 3.17. The Morgan fingerprint density at radius 1 is 1.12 bits per heavy atom. The molecule has 0 aliphatic heterocycles. The summed E-state index contributed by atoms with van der Waals surface area (Å²) in [6.45, 7) is 3.78. The third kappa shape index (κ3) is 3.21. The maximum absolute atomic E-state index is 11.5. The molecule has 0 bridgehead atoms. The molecule has 0 heterocycles. The van der Waals surface area contributed by atoms with Crippen LogP contribution >= 0.6 is 0 Å². The number of aromatic hydroxyl groups is 1. The van der Waals surface area contributed by atoms with Crippen LogP contribution in [0.3, 0.4) is 0 Å². The van der Waals surface area contributed by atoms with E-state index in [1.54, 1.807) is 13.8 Å². The smallest absolute Gasteiger partial charge is 0.341 e.